The molecule has 0 aromatic heterocycles. The Kier molecular flexibility index (Phi) is 4.60. The average Bonchev–Trinajstić information content (AvgIpc) is 2.99. The quantitative estimate of drug-likeness (QED) is 0.651. The van der Waals surface area contributed by atoms with Gasteiger partial charge in [-0.25, -0.2) is 9.69 Å². The number of carbonyl (C=O) groups is 3. The molecular weight excluding hydrogens is 368 g/mol. The first kappa shape index (κ1) is 18.4. The molecule has 4 rings (SSSR count). The van der Waals surface area contributed by atoms with Gasteiger partial charge in [-0.1, -0.05) is 24.3 Å². The Labute approximate surface area is 167 Å². The molecule has 2 N–H and O–H groups in total. The number of aromatic carboxylic acids is 1. The Balaban J connectivity index is 1.56. The molecule has 144 valence electrons. The van der Waals surface area contributed by atoms with Crippen molar-refractivity contribution in [2.75, 3.05) is 17.3 Å². The summed E-state index contributed by atoms with van der Waals surface area (Å²) in [6.07, 6.45) is 0.731. The van der Waals surface area contributed by atoms with E-state index in [-0.39, 0.29) is 16.7 Å². The van der Waals surface area contributed by atoms with Crippen molar-refractivity contribution in [2.24, 2.45) is 0 Å². The second-order valence-corrected chi connectivity index (χ2v) is 6.80. The highest BCUT2D eigenvalue weighted by Crippen LogP contribution is 2.29. The van der Waals surface area contributed by atoms with Crippen LogP contribution in [0.2, 0.25) is 0 Å². The van der Waals surface area contributed by atoms with Crippen LogP contribution in [-0.2, 0) is 6.42 Å². The highest BCUT2D eigenvalue weighted by molar-refractivity contribution is 6.34. The summed E-state index contributed by atoms with van der Waals surface area (Å²) in [5.41, 5.74) is 4.02. The minimum absolute atomic E-state index is 0.0219. The van der Waals surface area contributed by atoms with Crippen molar-refractivity contribution >= 4 is 29.2 Å². The van der Waals surface area contributed by atoms with Gasteiger partial charge in [-0.05, 0) is 60.0 Å². The van der Waals surface area contributed by atoms with E-state index in [1.54, 1.807) is 12.1 Å². The van der Waals surface area contributed by atoms with Crippen LogP contribution < -0.4 is 10.2 Å². The molecule has 0 atom stereocenters. The fourth-order valence-electron chi connectivity index (χ4n) is 3.40. The number of fused-ring (bicyclic) bond motifs is 1. The first-order valence-corrected chi connectivity index (χ1v) is 9.09. The molecule has 1 aliphatic rings. The number of hydrogen-bond acceptors (Lipinski definition) is 4. The molecule has 2 amide bonds. The van der Waals surface area contributed by atoms with E-state index in [4.69, 9.17) is 5.11 Å². The van der Waals surface area contributed by atoms with E-state index in [1.165, 1.54) is 18.2 Å². The Morgan fingerprint density at radius 2 is 1.45 bits per heavy atom. The van der Waals surface area contributed by atoms with E-state index < -0.39 is 17.8 Å². The van der Waals surface area contributed by atoms with Gasteiger partial charge in [-0.3, -0.25) is 9.59 Å². The van der Waals surface area contributed by atoms with E-state index in [0.29, 0.717) is 5.69 Å². The number of anilines is 2. The van der Waals surface area contributed by atoms with Crippen molar-refractivity contribution in [2.45, 2.75) is 6.42 Å². The van der Waals surface area contributed by atoms with Gasteiger partial charge in [-0.2, -0.15) is 0 Å². The maximum Gasteiger partial charge on any atom is 0.335 e. The normalized spacial score (nSPS) is 12.8. The predicted molar refractivity (Wildman–Crippen MR) is 110 cm³/mol. The fraction of sp³-hybridized carbons (Fsp3) is 0.0870. The summed E-state index contributed by atoms with van der Waals surface area (Å²) in [5.74, 6) is -2.10. The summed E-state index contributed by atoms with van der Waals surface area (Å²) in [7, 11) is 1.87. The molecule has 29 heavy (non-hydrogen) atoms. The van der Waals surface area contributed by atoms with Gasteiger partial charge in [-0.15, -0.1) is 0 Å². The van der Waals surface area contributed by atoms with Gasteiger partial charge in [0.2, 0.25) is 0 Å². The molecule has 0 bridgehead atoms. The lowest BCUT2D eigenvalue weighted by Gasteiger charge is -2.14. The molecule has 0 saturated heterocycles. The highest BCUT2D eigenvalue weighted by Gasteiger charge is 2.37. The highest BCUT2D eigenvalue weighted by atomic mass is 16.4. The average molecular weight is 386 g/mol. The molecule has 0 saturated carbocycles. The number of carboxylic acids is 1. The van der Waals surface area contributed by atoms with Gasteiger partial charge in [0.15, 0.2) is 0 Å². The molecule has 6 heteroatoms. The van der Waals surface area contributed by atoms with E-state index in [1.807, 2.05) is 43.4 Å². The van der Waals surface area contributed by atoms with Crippen LogP contribution in [0.5, 0.6) is 0 Å². The largest absolute Gasteiger partial charge is 0.478 e. The molecule has 1 heterocycles. The number of nitrogens with zero attached hydrogens (tertiary/aromatic N) is 1. The third kappa shape index (κ3) is 3.36. The second kappa shape index (κ2) is 7.24. The molecule has 0 aliphatic carbocycles. The number of carbonyl (C=O) groups excluding carboxylic acids is 2. The van der Waals surface area contributed by atoms with Crippen LogP contribution in [-0.4, -0.2) is 29.9 Å². The molecular formula is C23H18N2O4. The van der Waals surface area contributed by atoms with Crippen LogP contribution in [0.15, 0.2) is 66.7 Å². The van der Waals surface area contributed by atoms with Crippen LogP contribution in [0, 0.1) is 0 Å². The molecule has 1 aliphatic heterocycles. The summed E-state index contributed by atoms with van der Waals surface area (Å²) in [6.45, 7) is 0. The topological polar surface area (TPSA) is 86.7 Å². The van der Waals surface area contributed by atoms with E-state index >= 15 is 0 Å². The third-order valence-electron chi connectivity index (χ3n) is 4.98. The number of nitrogens with one attached hydrogen (secondary N) is 1. The lowest BCUT2D eigenvalue weighted by Crippen LogP contribution is -2.29. The van der Waals surface area contributed by atoms with E-state index in [0.717, 1.165) is 28.1 Å². The number of hydrogen-bond donors (Lipinski definition) is 2. The zero-order valence-corrected chi connectivity index (χ0v) is 15.7. The lowest BCUT2D eigenvalue weighted by atomic mass is 10.0. The van der Waals surface area contributed by atoms with Crippen molar-refractivity contribution < 1.29 is 19.5 Å². The van der Waals surface area contributed by atoms with Crippen molar-refractivity contribution in [1.82, 2.24) is 0 Å². The number of rotatable bonds is 5. The maximum absolute atomic E-state index is 12.7. The molecule has 0 fully saturated rings. The van der Waals surface area contributed by atoms with Gasteiger partial charge in [0.1, 0.15) is 0 Å². The third-order valence-corrected chi connectivity index (χ3v) is 4.98. The van der Waals surface area contributed by atoms with Gasteiger partial charge in [0, 0.05) is 12.7 Å². The van der Waals surface area contributed by atoms with Crippen LogP contribution in [0.1, 0.15) is 42.2 Å². The monoisotopic (exact) mass is 386 g/mol. The number of imide groups is 1. The summed E-state index contributed by atoms with van der Waals surface area (Å²) >= 11 is 0. The van der Waals surface area contributed by atoms with Crippen LogP contribution in [0.4, 0.5) is 11.4 Å². The van der Waals surface area contributed by atoms with Crippen molar-refractivity contribution in [3.8, 4) is 0 Å². The van der Waals surface area contributed by atoms with Crippen LogP contribution in [0.25, 0.3) is 0 Å². The Morgan fingerprint density at radius 1 is 0.862 bits per heavy atom. The van der Waals surface area contributed by atoms with Crippen molar-refractivity contribution in [3.63, 3.8) is 0 Å². The van der Waals surface area contributed by atoms with Crippen LogP contribution >= 0.6 is 0 Å². The summed E-state index contributed by atoms with van der Waals surface area (Å²) in [5, 5.41) is 12.2. The Morgan fingerprint density at radius 3 is 2.03 bits per heavy atom. The number of carboxylic acid groups (broad SMARTS) is 1. The fourth-order valence-corrected chi connectivity index (χ4v) is 3.40. The summed E-state index contributed by atoms with van der Waals surface area (Å²) in [4.78, 5) is 37.6. The van der Waals surface area contributed by atoms with Crippen LogP contribution in [0.3, 0.4) is 0 Å². The van der Waals surface area contributed by atoms with Gasteiger partial charge < -0.3 is 10.4 Å². The predicted octanol–water partition coefficient (Wildman–Crippen LogP) is 3.82. The van der Waals surface area contributed by atoms with Crippen molar-refractivity contribution in [1.29, 1.82) is 0 Å². The van der Waals surface area contributed by atoms with Gasteiger partial charge in [0.05, 0.1) is 22.4 Å². The molecule has 3 aromatic rings. The molecule has 0 radical (unpaired) electrons. The molecule has 0 spiro atoms. The van der Waals surface area contributed by atoms with Crippen molar-refractivity contribution in [3.05, 3.63) is 94.5 Å². The Hall–Kier alpha value is -3.93. The van der Waals surface area contributed by atoms with E-state index in [2.05, 4.69) is 5.32 Å². The standard InChI is InChI=1S/C23H18N2O4/c1-24-17-7-2-14(3-8-17)12-15-4-9-18(10-5-15)25-21(26)19-11-6-16(23(28)29)13-20(19)22(25)27/h2-11,13,24H,12H2,1H3,(H,28,29). The number of amides is 2. The number of benzene rings is 3. The minimum atomic E-state index is -1.14. The van der Waals surface area contributed by atoms with Gasteiger partial charge >= 0.3 is 5.97 Å². The minimum Gasteiger partial charge on any atom is -0.478 e. The zero-order valence-electron chi connectivity index (χ0n) is 15.7. The molecule has 6 nitrogen and oxygen atoms in total. The molecule has 0 unspecified atom stereocenters. The summed E-state index contributed by atoms with van der Waals surface area (Å²) < 4.78 is 0. The molecule has 3 aromatic carbocycles. The lowest BCUT2D eigenvalue weighted by molar-refractivity contribution is 0.0696. The first-order chi connectivity index (χ1) is 14.0. The maximum atomic E-state index is 12.7. The smallest absolute Gasteiger partial charge is 0.335 e. The zero-order chi connectivity index (χ0) is 20.5. The van der Waals surface area contributed by atoms with E-state index in [9.17, 15) is 14.4 Å². The van der Waals surface area contributed by atoms with Gasteiger partial charge in [0.25, 0.3) is 11.8 Å². The first-order valence-electron chi connectivity index (χ1n) is 9.09. The second-order valence-electron chi connectivity index (χ2n) is 6.80. The summed E-state index contributed by atoms with van der Waals surface area (Å²) in [6, 6.07) is 19.3. The SMILES string of the molecule is CNc1ccc(Cc2ccc(N3C(=O)c4ccc(C(=O)O)cc4C3=O)cc2)cc1. The Bertz CT molecular complexity index is 1120.